The number of halogens is 1. The number of carboxylic acid groups (broad SMARTS) is 1. The molecular weight excluding hydrogens is 283 g/mol. The Morgan fingerprint density at radius 2 is 2.05 bits per heavy atom. The second-order valence-electron chi connectivity index (χ2n) is 5.05. The highest BCUT2D eigenvalue weighted by Crippen LogP contribution is 2.27. The maximum absolute atomic E-state index is 13.3. The molecule has 0 aromatic heterocycles. The van der Waals surface area contributed by atoms with Crippen molar-refractivity contribution in [2.24, 2.45) is 11.8 Å². The summed E-state index contributed by atoms with van der Waals surface area (Å²) in [6.45, 7) is 2.05. The molecule has 0 radical (unpaired) electrons. The van der Waals surface area contributed by atoms with E-state index in [0.717, 1.165) is 18.2 Å². The number of carboxylic acids is 1. The molecule has 21 heavy (non-hydrogen) atoms. The van der Waals surface area contributed by atoms with Crippen molar-refractivity contribution in [3.8, 4) is 0 Å². The molecule has 0 saturated carbocycles. The Kier molecular flexibility index (Phi) is 3.88. The third-order valence-electron chi connectivity index (χ3n) is 3.63. The van der Waals surface area contributed by atoms with E-state index in [9.17, 15) is 24.1 Å². The van der Waals surface area contributed by atoms with E-state index in [2.05, 4.69) is 0 Å². The van der Waals surface area contributed by atoms with Crippen molar-refractivity contribution >= 4 is 17.6 Å². The van der Waals surface area contributed by atoms with Gasteiger partial charge >= 0.3 is 5.97 Å². The van der Waals surface area contributed by atoms with Gasteiger partial charge in [-0.15, -0.1) is 0 Å². The Balaban J connectivity index is 2.09. The molecule has 8 heteroatoms. The van der Waals surface area contributed by atoms with Crippen LogP contribution in [0.3, 0.4) is 0 Å². The number of carbonyl (C=O) groups excluding carboxylic acids is 1. The average Bonchev–Trinajstić information content (AvgIpc) is 2.35. The highest BCUT2D eigenvalue weighted by atomic mass is 19.1. The summed E-state index contributed by atoms with van der Waals surface area (Å²) in [6.07, 6.45) is 0. The molecule has 0 spiro atoms. The number of benzene rings is 1. The van der Waals surface area contributed by atoms with Gasteiger partial charge in [-0.2, -0.15) is 0 Å². The number of hydrogen-bond donors (Lipinski definition) is 1. The lowest BCUT2D eigenvalue weighted by Crippen LogP contribution is -2.53. The van der Waals surface area contributed by atoms with Gasteiger partial charge < -0.3 is 10.0 Å². The van der Waals surface area contributed by atoms with Crippen molar-refractivity contribution in [3.05, 3.63) is 39.7 Å². The second kappa shape index (κ2) is 5.47. The molecule has 1 amide bonds. The summed E-state index contributed by atoms with van der Waals surface area (Å²) in [5, 5.41) is 19.5. The fourth-order valence-corrected chi connectivity index (χ4v) is 2.18. The lowest BCUT2D eigenvalue weighted by atomic mass is 9.86. The number of non-ortho nitro benzene ring substituents is 1. The highest BCUT2D eigenvalue weighted by Gasteiger charge is 2.37. The lowest BCUT2D eigenvalue weighted by Gasteiger charge is -2.41. The predicted molar refractivity (Wildman–Crippen MR) is 69.2 cm³/mol. The zero-order valence-corrected chi connectivity index (χ0v) is 11.2. The van der Waals surface area contributed by atoms with Crippen LogP contribution in [0, 0.1) is 27.8 Å². The zero-order chi connectivity index (χ0) is 15.7. The van der Waals surface area contributed by atoms with Gasteiger partial charge in [0, 0.05) is 30.6 Å². The van der Waals surface area contributed by atoms with Gasteiger partial charge in [0.1, 0.15) is 5.82 Å². The van der Waals surface area contributed by atoms with Crippen LogP contribution < -0.4 is 0 Å². The molecular formula is C13H13FN2O5. The van der Waals surface area contributed by atoms with E-state index in [1.165, 1.54) is 4.90 Å². The molecule has 1 aromatic rings. The van der Waals surface area contributed by atoms with E-state index in [0.29, 0.717) is 0 Å². The molecule has 0 bridgehead atoms. The van der Waals surface area contributed by atoms with Crippen LogP contribution in [0.1, 0.15) is 17.3 Å². The lowest BCUT2D eigenvalue weighted by molar-refractivity contribution is -0.385. The molecule has 1 saturated heterocycles. The van der Waals surface area contributed by atoms with Gasteiger partial charge in [-0.25, -0.2) is 4.39 Å². The summed E-state index contributed by atoms with van der Waals surface area (Å²) in [7, 11) is 0. The third kappa shape index (κ3) is 2.99. The van der Waals surface area contributed by atoms with E-state index in [1.807, 2.05) is 0 Å². The average molecular weight is 296 g/mol. The van der Waals surface area contributed by atoms with Gasteiger partial charge in [-0.05, 0) is 6.07 Å². The van der Waals surface area contributed by atoms with Crippen LogP contribution in [0.25, 0.3) is 0 Å². The fraction of sp³-hybridized carbons (Fsp3) is 0.385. The van der Waals surface area contributed by atoms with Gasteiger partial charge in [0.2, 0.25) is 0 Å². The number of amides is 1. The van der Waals surface area contributed by atoms with Crippen LogP contribution in [0.2, 0.25) is 0 Å². The third-order valence-corrected chi connectivity index (χ3v) is 3.63. The van der Waals surface area contributed by atoms with Crippen LogP contribution >= 0.6 is 0 Å². The highest BCUT2D eigenvalue weighted by molar-refractivity contribution is 5.95. The molecule has 1 fully saturated rings. The second-order valence-corrected chi connectivity index (χ2v) is 5.05. The number of aliphatic carboxylic acids is 1. The van der Waals surface area contributed by atoms with Crippen LogP contribution in [-0.4, -0.2) is 39.9 Å². The molecule has 7 nitrogen and oxygen atoms in total. The van der Waals surface area contributed by atoms with Crippen molar-refractivity contribution in [3.63, 3.8) is 0 Å². The Bertz CT molecular complexity index is 613. The van der Waals surface area contributed by atoms with Crippen LogP contribution in [-0.2, 0) is 4.79 Å². The zero-order valence-electron chi connectivity index (χ0n) is 11.2. The minimum Gasteiger partial charge on any atom is -0.481 e. The number of carbonyl (C=O) groups is 2. The molecule has 1 aliphatic heterocycles. The summed E-state index contributed by atoms with van der Waals surface area (Å²) in [6, 6.07) is 2.69. The summed E-state index contributed by atoms with van der Waals surface area (Å²) in [5.41, 5.74) is -0.600. The minimum atomic E-state index is -0.937. The van der Waals surface area contributed by atoms with Crippen molar-refractivity contribution in [1.82, 2.24) is 4.90 Å². The van der Waals surface area contributed by atoms with Crippen molar-refractivity contribution in [2.45, 2.75) is 6.92 Å². The largest absolute Gasteiger partial charge is 0.481 e. The van der Waals surface area contributed by atoms with Gasteiger partial charge in [0.25, 0.3) is 11.6 Å². The number of rotatable bonds is 4. The molecule has 0 aliphatic carbocycles. The number of likely N-dealkylation sites (tertiary alicyclic amines) is 1. The molecule has 112 valence electrons. The Morgan fingerprint density at radius 3 is 2.57 bits per heavy atom. The minimum absolute atomic E-state index is 0.108. The van der Waals surface area contributed by atoms with E-state index >= 15 is 0 Å². The van der Waals surface area contributed by atoms with E-state index in [1.54, 1.807) is 6.92 Å². The number of hydrogen-bond acceptors (Lipinski definition) is 4. The first-order valence-corrected chi connectivity index (χ1v) is 6.26. The normalized spacial score (nSPS) is 16.2. The summed E-state index contributed by atoms with van der Waals surface area (Å²) >= 11 is 0. The monoisotopic (exact) mass is 296 g/mol. The SMILES string of the molecule is CC(C(=O)O)C1CN(C(=O)c2cc(F)cc([N+](=O)[O-])c2)C1. The molecule has 1 aliphatic rings. The van der Waals surface area contributed by atoms with Crippen LogP contribution in [0.15, 0.2) is 18.2 Å². The van der Waals surface area contributed by atoms with Gasteiger partial charge in [-0.3, -0.25) is 19.7 Å². The van der Waals surface area contributed by atoms with Gasteiger partial charge in [0.15, 0.2) is 0 Å². The molecule has 1 unspecified atom stereocenters. The maximum atomic E-state index is 13.3. The standard InChI is InChI=1S/C13H13FN2O5/c1-7(13(18)19)9-5-15(6-9)12(17)8-2-10(14)4-11(3-8)16(20)21/h2-4,7,9H,5-6H2,1H3,(H,18,19). The van der Waals surface area contributed by atoms with E-state index < -0.39 is 34.2 Å². The number of nitrogens with zero attached hydrogens (tertiary/aromatic N) is 2. The molecule has 1 N–H and O–H groups in total. The Labute approximate surface area is 119 Å². The summed E-state index contributed by atoms with van der Waals surface area (Å²) < 4.78 is 13.3. The quantitative estimate of drug-likeness (QED) is 0.670. The van der Waals surface area contributed by atoms with Gasteiger partial charge in [-0.1, -0.05) is 6.92 Å². The smallest absolute Gasteiger partial charge is 0.306 e. The molecule has 1 atom stereocenters. The number of nitro benzene ring substituents is 1. The van der Waals surface area contributed by atoms with Crippen LogP contribution in [0.4, 0.5) is 10.1 Å². The maximum Gasteiger partial charge on any atom is 0.306 e. The molecule has 1 aromatic carbocycles. The first kappa shape index (κ1) is 14.9. The van der Waals surface area contributed by atoms with Gasteiger partial charge in [0.05, 0.1) is 16.9 Å². The molecule has 2 rings (SSSR count). The topological polar surface area (TPSA) is 101 Å². The Hall–Kier alpha value is -2.51. The predicted octanol–water partition coefficient (Wildman–Crippen LogP) is 1.53. The first-order valence-electron chi connectivity index (χ1n) is 6.26. The van der Waals surface area contributed by atoms with Crippen molar-refractivity contribution < 1.29 is 24.0 Å². The first-order chi connectivity index (χ1) is 9.79. The summed E-state index contributed by atoms with van der Waals surface area (Å²) in [5.74, 6) is -3.06. The fourth-order valence-electron chi connectivity index (χ4n) is 2.18. The molecule has 1 heterocycles. The summed E-state index contributed by atoms with van der Waals surface area (Å²) in [4.78, 5) is 34.1. The van der Waals surface area contributed by atoms with E-state index in [4.69, 9.17) is 5.11 Å². The van der Waals surface area contributed by atoms with Crippen molar-refractivity contribution in [2.75, 3.05) is 13.1 Å². The van der Waals surface area contributed by atoms with Crippen LogP contribution in [0.5, 0.6) is 0 Å². The van der Waals surface area contributed by atoms with Crippen molar-refractivity contribution in [1.29, 1.82) is 0 Å². The number of nitro groups is 1. The van der Waals surface area contributed by atoms with E-state index in [-0.39, 0.29) is 24.6 Å². The Morgan fingerprint density at radius 1 is 1.43 bits per heavy atom.